The molecule has 8 heteroatoms. The number of hydrogen-bond acceptors (Lipinski definition) is 3. The van der Waals surface area contributed by atoms with Gasteiger partial charge in [-0.1, -0.05) is 0 Å². The van der Waals surface area contributed by atoms with Crippen molar-refractivity contribution in [3.63, 3.8) is 0 Å². The Bertz CT molecular complexity index is 477. The predicted molar refractivity (Wildman–Crippen MR) is 54.4 cm³/mol. The van der Waals surface area contributed by atoms with Crippen molar-refractivity contribution in [2.75, 3.05) is 6.61 Å². The molecule has 0 heterocycles. The van der Waals surface area contributed by atoms with E-state index in [1.165, 1.54) is 6.92 Å². The molecule has 3 nitrogen and oxygen atoms in total. The minimum Gasteiger partial charge on any atom is -0.466 e. The van der Waals surface area contributed by atoms with E-state index in [1.807, 2.05) is 0 Å². The quantitative estimate of drug-likeness (QED) is 0.399. The highest BCUT2D eigenvalue weighted by molar-refractivity contribution is 5.70. The molecule has 0 bridgehead atoms. The zero-order valence-corrected chi connectivity index (χ0v) is 9.78. The van der Waals surface area contributed by atoms with E-state index < -0.39 is 53.1 Å². The molecule has 1 aromatic carbocycles. The lowest BCUT2D eigenvalue weighted by atomic mass is 10.0. The van der Waals surface area contributed by atoms with Gasteiger partial charge in [0.25, 0.3) is 0 Å². The Morgan fingerprint density at radius 1 is 1.05 bits per heavy atom. The lowest BCUT2D eigenvalue weighted by Crippen LogP contribution is -2.22. The Morgan fingerprint density at radius 3 is 1.89 bits per heavy atom. The second kappa shape index (κ2) is 5.96. The van der Waals surface area contributed by atoms with Gasteiger partial charge in [0.15, 0.2) is 23.3 Å². The van der Waals surface area contributed by atoms with Crippen LogP contribution in [0.3, 0.4) is 0 Å². The number of halogens is 5. The normalized spacial score (nSPS) is 12.4. The number of nitrogens with two attached hydrogens (primary N) is 1. The second-order valence-corrected chi connectivity index (χ2v) is 3.60. The van der Waals surface area contributed by atoms with Crippen molar-refractivity contribution < 1.29 is 31.5 Å². The van der Waals surface area contributed by atoms with E-state index in [1.54, 1.807) is 0 Å². The zero-order valence-electron chi connectivity index (χ0n) is 9.78. The molecular formula is C11H10F5NO2. The number of carbonyl (C=O) groups excluding carboxylic acids is 1. The summed E-state index contributed by atoms with van der Waals surface area (Å²) in [6.07, 6.45) is -0.702. The van der Waals surface area contributed by atoms with Crippen molar-refractivity contribution in [2.45, 2.75) is 19.4 Å². The molecule has 0 unspecified atom stereocenters. The molecule has 2 N–H and O–H groups in total. The molecule has 0 amide bonds. The van der Waals surface area contributed by atoms with Gasteiger partial charge in [-0.15, -0.1) is 0 Å². The lowest BCUT2D eigenvalue weighted by Gasteiger charge is -2.14. The summed E-state index contributed by atoms with van der Waals surface area (Å²) in [5, 5.41) is 0. The van der Waals surface area contributed by atoms with Gasteiger partial charge in [-0.05, 0) is 6.92 Å². The summed E-state index contributed by atoms with van der Waals surface area (Å²) in [7, 11) is 0. The number of benzene rings is 1. The monoisotopic (exact) mass is 283 g/mol. The van der Waals surface area contributed by atoms with Gasteiger partial charge in [0.05, 0.1) is 13.0 Å². The van der Waals surface area contributed by atoms with Crippen molar-refractivity contribution in [3.8, 4) is 0 Å². The molecule has 1 aromatic rings. The van der Waals surface area contributed by atoms with Crippen LogP contribution in [0.5, 0.6) is 0 Å². The van der Waals surface area contributed by atoms with E-state index in [2.05, 4.69) is 4.74 Å². The number of hydrogen-bond donors (Lipinski definition) is 1. The van der Waals surface area contributed by atoms with Crippen LogP contribution in [0.4, 0.5) is 22.0 Å². The number of rotatable bonds is 4. The fraction of sp³-hybridized carbons (Fsp3) is 0.364. The van der Waals surface area contributed by atoms with Gasteiger partial charge in [0, 0.05) is 11.6 Å². The molecule has 0 saturated heterocycles. The number of carbonyl (C=O) groups is 1. The van der Waals surface area contributed by atoms with E-state index in [-0.39, 0.29) is 6.61 Å². The maximum absolute atomic E-state index is 13.3. The Labute approximate surface area is 105 Å². The molecule has 0 saturated carbocycles. The molecular weight excluding hydrogens is 273 g/mol. The first-order chi connectivity index (χ1) is 8.81. The molecule has 0 fully saturated rings. The SMILES string of the molecule is CCOC(=O)C[C@@H](N)c1c(F)c(F)c(F)c(F)c1F. The van der Waals surface area contributed by atoms with Gasteiger partial charge in [0.1, 0.15) is 0 Å². The Hall–Kier alpha value is -1.70. The Kier molecular flexibility index (Phi) is 4.82. The minimum atomic E-state index is -2.28. The highest BCUT2D eigenvalue weighted by Gasteiger charge is 2.29. The summed E-state index contributed by atoms with van der Waals surface area (Å²) in [4.78, 5) is 11.1. The van der Waals surface area contributed by atoms with Crippen LogP contribution in [0.2, 0.25) is 0 Å². The van der Waals surface area contributed by atoms with Crippen LogP contribution in [0.15, 0.2) is 0 Å². The molecule has 0 spiro atoms. The summed E-state index contributed by atoms with van der Waals surface area (Å²) in [5.41, 5.74) is 4.05. The fourth-order valence-electron chi connectivity index (χ4n) is 1.45. The van der Waals surface area contributed by atoms with E-state index in [0.29, 0.717) is 0 Å². The molecule has 1 atom stereocenters. The van der Waals surface area contributed by atoms with Crippen LogP contribution in [-0.4, -0.2) is 12.6 Å². The third-order valence-electron chi connectivity index (χ3n) is 2.31. The summed E-state index contributed by atoms with van der Waals surface area (Å²) in [5.74, 6) is -11.5. The van der Waals surface area contributed by atoms with Gasteiger partial charge < -0.3 is 10.5 Å². The standard InChI is InChI=1S/C11H10F5NO2/c1-2-19-5(18)3-4(17)6-7(12)9(14)11(16)10(15)8(6)13/h4H,2-3,17H2,1H3/t4-/m1/s1. The Morgan fingerprint density at radius 2 is 1.47 bits per heavy atom. The van der Waals surface area contributed by atoms with Crippen molar-refractivity contribution in [3.05, 3.63) is 34.6 Å². The van der Waals surface area contributed by atoms with Crippen LogP contribution in [0.1, 0.15) is 24.9 Å². The highest BCUT2D eigenvalue weighted by atomic mass is 19.2. The molecule has 0 aliphatic rings. The van der Waals surface area contributed by atoms with Crippen molar-refractivity contribution in [1.29, 1.82) is 0 Å². The summed E-state index contributed by atoms with van der Waals surface area (Å²) in [6, 6.07) is -1.69. The van der Waals surface area contributed by atoms with Crippen molar-refractivity contribution >= 4 is 5.97 Å². The van der Waals surface area contributed by atoms with Crippen LogP contribution in [-0.2, 0) is 9.53 Å². The molecule has 0 aliphatic carbocycles. The van der Waals surface area contributed by atoms with Gasteiger partial charge in [-0.25, -0.2) is 22.0 Å². The van der Waals surface area contributed by atoms with Gasteiger partial charge in [0.2, 0.25) is 5.82 Å². The van der Waals surface area contributed by atoms with Crippen LogP contribution < -0.4 is 5.73 Å². The molecule has 19 heavy (non-hydrogen) atoms. The fourth-order valence-corrected chi connectivity index (χ4v) is 1.45. The van der Waals surface area contributed by atoms with E-state index in [0.717, 1.165) is 0 Å². The maximum atomic E-state index is 13.3. The first-order valence-corrected chi connectivity index (χ1v) is 5.23. The zero-order chi connectivity index (χ0) is 14.7. The van der Waals surface area contributed by atoms with Gasteiger partial charge in [-0.3, -0.25) is 4.79 Å². The van der Waals surface area contributed by atoms with E-state index in [4.69, 9.17) is 5.73 Å². The molecule has 0 radical (unpaired) electrons. The molecule has 0 aliphatic heterocycles. The minimum absolute atomic E-state index is 0.00264. The number of esters is 1. The first-order valence-electron chi connectivity index (χ1n) is 5.23. The summed E-state index contributed by atoms with van der Waals surface area (Å²) < 4.78 is 69.8. The maximum Gasteiger partial charge on any atom is 0.307 e. The number of ether oxygens (including phenoxy) is 1. The van der Waals surface area contributed by atoms with Crippen molar-refractivity contribution in [1.82, 2.24) is 0 Å². The van der Waals surface area contributed by atoms with Crippen molar-refractivity contribution in [2.24, 2.45) is 5.73 Å². The van der Waals surface area contributed by atoms with Crippen LogP contribution in [0.25, 0.3) is 0 Å². The molecule has 1 rings (SSSR count). The molecule has 0 aromatic heterocycles. The van der Waals surface area contributed by atoms with Crippen LogP contribution >= 0.6 is 0 Å². The second-order valence-electron chi connectivity index (χ2n) is 3.60. The predicted octanol–water partition coefficient (Wildman–Crippen LogP) is 2.34. The summed E-state index contributed by atoms with van der Waals surface area (Å²) >= 11 is 0. The first kappa shape index (κ1) is 15.4. The Balaban J connectivity index is 3.17. The van der Waals surface area contributed by atoms with E-state index in [9.17, 15) is 26.7 Å². The topological polar surface area (TPSA) is 52.3 Å². The highest BCUT2D eigenvalue weighted by Crippen LogP contribution is 2.28. The average molecular weight is 283 g/mol. The average Bonchev–Trinajstić information content (AvgIpc) is 2.34. The van der Waals surface area contributed by atoms with Gasteiger partial charge >= 0.3 is 5.97 Å². The van der Waals surface area contributed by atoms with E-state index >= 15 is 0 Å². The summed E-state index contributed by atoms with van der Waals surface area (Å²) in [6.45, 7) is 1.49. The van der Waals surface area contributed by atoms with Gasteiger partial charge in [-0.2, -0.15) is 0 Å². The smallest absolute Gasteiger partial charge is 0.307 e. The third-order valence-corrected chi connectivity index (χ3v) is 2.31. The van der Waals surface area contributed by atoms with Crippen LogP contribution in [0, 0.1) is 29.1 Å². The largest absolute Gasteiger partial charge is 0.466 e. The third kappa shape index (κ3) is 3.01. The molecule has 106 valence electrons. The lowest BCUT2D eigenvalue weighted by molar-refractivity contribution is -0.143.